The molecule has 0 spiro atoms. The van der Waals surface area contributed by atoms with E-state index in [1.165, 1.54) is 12.6 Å². The number of amides is 3. The highest BCUT2D eigenvalue weighted by Crippen LogP contribution is 2.20. The molecule has 1 fully saturated rings. The molecule has 0 saturated heterocycles. The molecule has 0 aromatic heterocycles. The third kappa shape index (κ3) is 6.00. The van der Waals surface area contributed by atoms with Crippen molar-refractivity contribution in [1.82, 2.24) is 10.7 Å². The quantitative estimate of drug-likeness (QED) is 0.353. The maximum atomic E-state index is 12.7. The van der Waals surface area contributed by atoms with Crippen LogP contribution in [0.1, 0.15) is 48.0 Å². The number of halogens is 1. The van der Waals surface area contributed by atoms with Crippen LogP contribution in [0, 0.1) is 0 Å². The van der Waals surface area contributed by atoms with Crippen LogP contribution < -0.4 is 16.1 Å². The van der Waals surface area contributed by atoms with Gasteiger partial charge in [0.2, 0.25) is 0 Å². The van der Waals surface area contributed by atoms with E-state index in [0.717, 1.165) is 35.7 Å². The van der Waals surface area contributed by atoms with Gasteiger partial charge in [0.05, 0.1) is 17.5 Å². The fourth-order valence-electron chi connectivity index (χ4n) is 3.27. The number of benzene rings is 2. The monoisotopic (exact) mass is 470 g/mol. The maximum absolute atomic E-state index is 12.7. The van der Waals surface area contributed by atoms with E-state index in [1.807, 2.05) is 18.2 Å². The summed E-state index contributed by atoms with van der Waals surface area (Å²) in [5.74, 6) is -2.09. The highest BCUT2D eigenvalue weighted by atomic mass is 79.9. The summed E-state index contributed by atoms with van der Waals surface area (Å²) in [5, 5.41) is 9.32. The number of anilines is 1. The molecule has 0 unspecified atom stereocenters. The zero-order chi connectivity index (χ0) is 21.3. The number of carbonyl (C=O) groups is 3. The molecule has 1 saturated carbocycles. The lowest BCUT2D eigenvalue weighted by atomic mass is 9.95. The number of para-hydroxylation sites is 1. The van der Waals surface area contributed by atoms with Crippen molar-refractivity contribution in [2.45, 2.75) is 38.1 Å². The molecule has 2 aromatic carbocycles. The first-order valence-electron chi connectivity index (χ1n) is 9.83. The number of hydrazone groups is 1. The van der Waals surface area contributed by atoms with Gasteiger partial charge in [0.25, 0.3) is 5.91 Å². The highest BCUT2D eigenvalue weighted by molar-refractivity contribution is 9.10. The Balaban J connectivity index is 1.60. The van der Waals surface area contributed by atoms with E-state index in [9.17, 15) is 14.4 Å². The van der Waals surface area contributed by atoms with Crippen LogP contribution in [-0.4, -0.2) is 30.0 Å². The van der Waals surface area contributed by atoms with Gasteiger partial charge in [-0.05, 0) is 31.0 Å². The van der Waals surface area contributed by atoms with Gasteiger partial charge in [-0.25, -0.2) is 5.43 Å². The van der Waals surface area contributed by atoms with Crippen molar-refractivity contribution in [3.63, 3.8) is 0 Å². The molecule has 0 radical (unpaired) electrons. The molecule has 3 rings (SSSR count). The second-order valence-corrected chi connectivity index (χ2v) is 7.88. The first kappa shape index (κ1) is 21.7. The summed E-state index contributed by atoms with van der Waals surface area (Å²) < 4.78 is 0.811. The average Bonchev–Trinajstić information content (AvgIpc) is 2.76. The molecular weight excluding hydrogens is 448 g/mol. The smallest absolute Gasteiger partial charge is 0.329 e. The molecule has 1 aliphatic carbocycles. The fraction of sp³-hybridized carbons (Fsp3) is 0.273. The van der Waals surface area contributed by atoms with Gasteiger partial charge in [0.15, 0.2) is 0 Å². The van der Waals surface area contributed by atoms with Crippen LogP contribution in [0.5, 0.6) is 0 Å². The van der Waals surface area contributed by atoms with Gasteiger partial charge in [-0.3, -0.25) is 14.4 Å². The summed E-state index contributed by atoms with van der Waals surface area (Å²) in [7, 11) is 0. The topological polar surface area (TPSA) is 99.7 Å². The Morgan fingerprint density at radius 3 is 2.40 bits per heavy atom. The predicted molar refractivity (Wildman–Crippen MR) is 119 cm³/mol. The average molecular weight is 471 g/mol. The summed E-state index contributed by atoms with van der Waals surface area (Å²) in [4.78, 5) is 37.0. The van der Waals surface area contributed by atoms with Crippen molar-refractivity contribution in [2.75, 3.05) is 5.32 Å². The molecular formula is C22H23BrN4O3. The number of carbonyl (C=O) groups excluding carboxylic acids is 3. The van der Waals surface area contributed by atoms with Crippen LogP contribution in [0.3, 0.4) is 0 Å². The molecule has 30 heavy (non-hydrogen) atoms. The summed E-state index contributed by atoms with van der Waals surface area (Å²) in [6.07, 6.45) is 6.74. The minimum absolute atomic E-state index is 0.143. The SMILES string of the molecule is O=C(NN=Cc1ccccc1Br)C(=O)Nc1ccccc1C(=O)NC1CCCCC1. The van der Waals surface area contributed by atoms with Gasteiger partial charge < -0.3 is 10.6 Å². The lowest BCUT2D eigenvalue weighted by Gasteiger charge is -2.23. The van der Waals surface area contributed by atoms with Gasteiger partial charge in [0.1, 0.15) is 0 Å². The predicted octanol–water partition coefficient (Wildman–Crippen LogP) is 3.60. The molecule has 8 heteroatoms. The number of rotatable bonds is 5. The van der Waals surface area contributed by atoms with Crippen LogP contribution in [0.25, 0.3) is 0 Å². The third-order valence-corrected chi connectivity index (χ3v) is 5.56. The Hall–Kier alpha value is -3.00. The fourth-order valence-corrected chi connectivity index (χ4v) is 3.66. The maximum Gasteiger partial charge on any atom is 0.329 e. The van der Waals surface area contributed by atoms with Crippen molar-refractivity contribution in [3.05, 3.63) is 64.1 Å². The van der Waals surface area contributed by atoms with Crippen molar-refractivity contribution in [2.24, 2.45) is 5.10 Å². The van der Waals surface area contributed by atoms with E-state index < -0.39 is 11.8 Å². The minimum atomic E-state index is -0.930. The standard InChI is InChI=1S/C22H23BrN4O3/c23-18-12-6-4-8-15(18)14-24-27-22(30)21(29)26-19-13-7-5-11-17(19)20(28)25-16-9-2-1-3-10-16/h4-8,11-14,16H,1-3,9-10H2,(H,25,28)(H,26,29)(H,27,30). The second-order valence-electron chi connectivity index (χ2n) is 7.03. The molecule has 7 nitrogen and oxygen atoms in total. The number of nitrogens with zero attached hydrogens (tertiary/aromatic N) is 1. The molecule has 156 valence electrons. The molecule has 3 N–H and O–H groups in total. The van der Waals surface area contributed by atoms with Crippen molar-refractivity contribution < 1.29 is 14.4 Å². The molecule has 0 atom stereocenters. The van der Waals surface area contributed by atoms with Crippen molar-refractivity contribution >= 4 is 45.6 Å². The van der Waals surface area contributed by atoms with Crippen molar-refractivity contribution in [3.8, 4) is 0 Å². The van der Waals surface area contributed by atoms with Crippen molar-refractivity contribution in [1.29, 1.82) is 0 Å². The molecule has 0 heterocycles. The van der Waals surface area contributed by atoms with Gasteiger partial charge >= 0.3 is 11.8 Å². The van der Waals surface area contributed by atoms with E-state index in [1.54, 1.807) is 30.3 Å². The molecule has 2 aromatic rings. The van der Waals surface area contributed by atoms with Crippen LogP contribution in [-0.2, 0) is 9.59 Å². The van der Waals surface area contributed by atoms with E-state index in [-0.39, 0.29) is 17.6 Å². The number of hydrogen-bond acceptors (Lipinski definition) is 4. The normalized spacial score (nSPS) is 14.3. The lowest BCUT2D eigenvalue weighted by molar-refractivity contribution is -0.136. The van der Waals surface area contributed by atoms with Crippen LogP contribution in [0.2, 0.25) is 0 Å². The zero-order valence-corrected chi connectivity index (χ0v) is 17.9. The van der Waals surface area contributed by atoms with Gasteiger partial charge in [-0.1, -0.05) is 65.5 Å². The Morgan fingerprint density at radius 1 is 0.933 bits per heavy atom. The Labute approximate surface area is 183 Å². The van der Waals surface area contributed by atoms with Crippen LogP contribution in [0.4, 0.5) is 5.69 Å². The summed E-state index contributed by atoms with van der Waals surface area (Å²) >= 11 is 3.37. The number of hydrogen-bond donors (Lipinski definition) is 3. The molecule has 3 amide bonds. The minimum Gasteiger partial charge on any atom is -0.349 e. The first-order valence-corrected chi connectivity index (χ1v) is 10.6. The van der Waals surface area contributed by atoms with Crippen LogP contribution >= 0.6 is 15.9 Å². The Morgan fingerprint density at radius 2 is 1.63 bits per heavy atom. The number of nitrogens with one attached hydrogen (secondary N) is 3. The Bertz CT molecular complexity index is 955. The third-order valence-electron chi connectivity index (χ3n) is 4.84. The van der Waals surface area contributed by atoms with Crippen LogP contribution in [0.15, 0.2) is 58.1 Å². The largest absolute Gasteiger partial charge is 0.349 e. The molecule has 0 aliphatic heterocycles. The lowest BCUT2D eigenvalue weighted by Crippen LogP contribution is -2.37. The van der Waals surface area contributed by atoms with E-state index >= 15 is 0 Å². The molecule has 0 bridgehead atoms. The van der Waals surface area contributed by atoms with Gasteiger partial charge in [0, 0.05) is 16.1 Å². The second kappa shape index (κ2) is 10.7. The summed E-state index contributed by atoms with van der Waals surface area (Å²) in [6.45, 7) is 0. The zero-order valence-electron chi connectivity index (χ0n) is 16.4. The van der Waals surface area contributed by atoms with E-state index in [4.69, 9.17) is 0 Å². The summed E-state index contributed by atoms with van der Waals surface area (Å²) in [5.41, 5.74) is 3.54. The van der Waals surface area contributed by atoms with Gasteiger partial charge in [-0.15, -0.1) is 0 Å². The Kier molecular flexibility index (Phi) is 7.73. The molecule has 1 aliphatic rings. The highest BCUT2D eigenvalue weighted by Gasteiger charge is 2.20. The van der Waals surface area contributed by atoms with E-state index in [0.29, 0.717) is 5.56 Å². The summed E-state index contributed by atoms with van der Waals surface area (Å²) in [6, 6.07) is 14.1. The van der Waals surface area contributed by atoms with Gasteiger partial charge in [-0.2, -0.15) is 5.10 Å². The first-order chi connectivity index (χ1) is 14.5. The van der Waals surface area contributed by atoms with E-state index in [2.05, 4.69) is 37.1 Å².